The third-order valence-corrected chi connectivity index (χ3v) is 9.72. The van der Waals surface area contributed by atoms with Crippen LogP contribution in [0.2, 0.25) is 0 Å². The average Bonchev–Trinajstić information content (AvgIpc) is 3.33. The van der Waals surface area contributed by atoms with Crippen molar-refractivity contribution in [3.05, 3.63) is 46.9 Å². The van der Waals surface area contributed by atoms with E-state index in [2.05, 4.69) is 33.0 Å². The lowest BCUT2D eigenvalue weighted by atomic mass is 10.0. The standard InChI is InChI=1S/C20H21BrN2O2S2/c1-26-18-10-17-19(9-16(18)21)27(24,25)23-13-20(7-8-20)11-15(23)12-22(17)14-5-3-2-4-6-14/h2-6,9-10,15H,7-8,11-13H2,1H3. The molecule has 27 heavy (non-hydrogen) atoms. The van der Waals surface area contributed by atoms with Crippen LogP contribution in [0.3, 0.4) is 0 Å². The molecule has 2 aromatic carbocycles. The zero-order valence-corrected chi connectivity index (χ0v) is 18.3. The Morgan fingerprint density at radius 2 is 1.93 bits per heavy atom. The fourth-order valence-electron chi connectivity index (χ4n) is 4.49. The summed E-state index contributed by atoms with van der Waals surface area (Å²) in [5.74, 6) is 0. The van der Waals surface area contributed by atoms with Crippen LogP contribution in [0.5, 0.6) is 0 Å². The predicted molar refractivity (Wildman–Crippen MR) is 113 cm³/mol. The first kappa shape index (κ1) is 18.0. The zero-order chi connectivity index (χ0) is 18.8. The van der Waals surface area contributed by atoms with Crippen LogP contribution in [0, 0.1) is 5.41 Å². The zero-order valence-electron chi connectivity index (χ0n) is 15.1. The minimum Gasteiger partial charge on any atom is -0.339 e. The predicted octanol–water partition coefficient (Wildman–Crippen LogP) is 4.87. The first-order valence-electron chi connectivity index (χ1n) is 9.16. The third kappa shape index (κ3) is 2.85. The van der Waals surface area contributed by atoms with Crippen LogP contribution in [0.4, 0.5) is 11.4 Å². The fraction of sp³-hybridized carbons (Fsp3) is 0.400. The van der Waals surface area contributed by atoms with E-state index in [1.54, 1.807) is 22.1 Å². The Hall–Kier alpha value is -1.02. The van der Waals surface area contributed by atoms with Crippen LogP contribution in [-0.2, 0) is 10.0 Å². The number of rotatable bonds is 2. The van der Waals surface area contributed by atoms with Gasteiger partial charge in [0.1, 0.15) is 4.90 Å². The van der Waals surface area contributed by atoms with Crippen LogP contribution < -0.4 is 4.90 Å². The normalized spacial score (nSPS) is 25.1. The van der Waals surface area contributed by atoms with Crippen LogP contribution in [0.25, 0.3) is 0 Å². The summed E-state index contributed by atoms with van der Waals surface area (Å²) in [6.45, 7) is 1.37. The maximum Gasteiger partial charge on any atom is 0.245 e. The highest BCUT2D eigenvalue weighted by Crippen LogP contribution is 2.57. The Balaban J connectivity index is 1.73. The van der Waals surface area contributed by atoms with Crippen molar-refractivity contribution in [3.63, 3.8) is 0 Å². The second-order valence-electron chi connectivity index (χ2n) is 7.81. The van der Waals surface area contributed by atoms with E-state index < -0.39 is 10.0 Å². The topological polar surface area (TPSA) is 40.6 Å². The Morgan fingerprint density at radius 1 is 1.19 bits per heavy atom. The minimum absolute atomic E-state index is 0.0293. The summed E-state index contributed by atoms with van der Waals surface area (Å²) in [6.07, 6.45) is 5.30. The van der Waals surface area contributed by atoms with E-state index in [0.29, 0.717) is 18.0 Å². The van der Waals surface area contributed by atoms with Gasteiger partial charge in [-0.3, -0.25) is 0 Å². The number of sulfonamides is 1. The Labute approximate surface area is 173 Å². The van der Waals surface area contributed by atoms with E-state index in [0.717, 1.165) is 40.0 Å². The Morgan fingerprint density at radius 3 is 2.59 bits per heavy atom. The number of para-hydroxylation sites is 1. The van der Waals surface area contributed by atoms with Crippen molar-refractivity contribution in [2.24, 2.45) is 5.41 Å². The molecule has 1 saturated carbocycles. The van der Waals surface area contributed by atoms with Gasteiger partial charge in [-0.25, -0.2) is 8.42 Å². The van der Waals surface area contributed by atoms with Crippen molar-refractivity contribution in [1.29, 1.82) is 0 Å². The third-order valence-electron chi connectivity index (χ3n) is 6.10. The van der Waals surface area contributed by atoms with Gasteiger partial charge < -0.3 is 4.90 Å². The highest BCUT2D eigenvalue weighted by atomic mass is 79.9. The molecule has 7 heteroatoms. The number of thioether (sulfide) groups is 1. The van der Waals surface area contributed by atoms with E-state index in [4.69, 9.17) is 0 Å². The summed E-state index contributed by atoms with van der Waals surface area (Å²) in [5, 5.41) is 0. The van der Waals surface area contributed by atoms with Crippen molar-refractivity contribution in [3.8, 4) is 0 Å². The molecule has 142 valence electrons. The van der Waals surface area contributed by atoms with Crippen LogP contribution in [0.15, 0.2) is 56.7 Å². The van der Waals surface area contributed by atoms with E-state index >= 15 is 0 Å². The molecule has 1 aliphatic carbocycles. The van der Waals surface area contributed by atoms with Gasteiger partial charge in [0.05, 0.1) is 5.69 Å². The maximum atomic E-state index is 13.6. The molecule has 2 heterocycles. The van der Waals surface area contributed by atoms with E-state index in [9.17, 15) is 8.42 Å². The van der Waals surface area contributed by atoms with Crippen molar-refractivity contribution in [2.45, 2.75) is 35.1 Å². The molecular weight excluding hydrogens is 444 g/mol. The van der Waals surface area contributed by atoms with Crippen LogP contribution >= 0.6 is 27.7 Å². The van der Waals surface area contributed by atoms with E-state index in [1.807, 2.05) is 30.5 Å². The summed E-state index contributed by atoms with van der Waals surface area (Å²) in [7, 11) is -3.52. The van der Waals surface area contributed by atoms with Crippen molar-refractivity contribution in [1.82, 2.24) is 4.31 Å². The maximum absolute atomic E-state index is 13.6. The quantitative estimate of drug-likeness (QED) is 0.594. The fourth-order valence-corrected chi connectivity index (χ4v) is 7.88. The largest absolute Gasteiger partial charge is 0.339 e. The SMILES string of the molecule is CSc1cc2c(cc1Br)S(=O)(=O)N1CC3(CC3)CC1CN2c1ccccc1. The van der Waals surface area contributed by atoms with Crippen LogP contribution in [0.1, 0.15) is 19.3 Å². The van der Waals surface area contributed by atoms with E-state index in [-0.39, 0.29) is 11.5 Å². The van der Waals surface area contributed by atoms with Gasteiger partial charge in [-0.2, -0.15) is 4.31 Å². The molecule has 3 aliphatic rings. The molecule has 1 spiro atoms. The molecule has 1 unspecified atom stereocenters. The molecule has 2 fully saturated rings. The van der Waals surface area contributed by atoms with Crippen molar-refractivity contribution in [2.75, 3.05) is 24.2 Å². The van der Waals surface area contributed by atoms with Gasteiger partial charge in [0.2, 0.25) is 10.0 Å². The van der Waals surface area contributed by atoms with Gasteiger partial charge in [-0.1, -0.05) is 18.2 Å². The minimum atomic E-state index is -3.52. The van der Waals surface area contributed by atoms with Gasteiger partial charge in [-0.05, 0) is 71.1 Å². The number of hydrogen-bond donors (Lipinski definition) is 0. The number of halogens is 1. The molecule has 2 aliphatic heterocycles. The van der Waals surface area contributed by atoms with E-state index in [1.165, 1.54) is 0 Å². The molecule has 1 saturated heterocycles. The highest BCUT2D eigenvalue weighted by molar-refractivity contribution is 9.10. The molecule has 0 N–H and O–H groups in total. The number of anilines is 2. The van der Waals surface area contributed by atoms with Gasteiger partial charge in [0.25, 0.3) is 0 Å². The molecule has 0 amide bonds. The number of nitrogens with zero attached hydrogens (tertiary/aromatic N) is 2. The van der Waals surface area contributed by atoms with Gasteiger partial charge in [0.15, 0.2) is 0 Å². The molecule has 0 bridgehead atoms. The summed E-state index contributed by atoms with van der Waals surface area (Å²) in [5.41, 5.74) is 2.06. The molecule has 0 radical (unpaired) electrons. The lowest BCUT2D eigenvalue weighted by molar-refractivity contribution is 0.394. The Kier molecular flexibility index (Phi) is 4.17. The van der Waals surface area contributed by atoms with Crippen molar-refractivity contribution < 1.29 is 8.42 Å². The average molecular weight is 465 g/mol. The second kappa shape index (κ2) is 6.24. The molecule has 4 nitrogen and oxygen atoms in total. The monoisotopic (exact) mass is 464 g/mol. The number of hydrogen-bond acceptors (Lipinski definition) is 4. The van der Waals surface area contributed by atoms with Gasteiger partial charge in [0, 0.05) is 34.2 Å². The second-order valence-corrected chi connectivity index (χ2v) is 11.4. The smallest absolute Gasteiger partial charge is 0.245 e. The summed E-state index contributed by atoms with van der Waals surface area (Å²) in [6, 6.07) is 14.0. The molecule has 1 atom stereocenters. The van der Waals surface area contributed by atoms with Gasteiger partial charge in [-0.15, -0.1) is 11.8 Å². The summed E-state index contributed by atoms with van der Waals surface area (Å²) >= 11 is 5.20. The molecule has 0 aromatic heterocycles. The Bertz CT molecular complexity index is 1010. The molecule has 2 aromatic rings. The van der Waals surface area contributed by atoms with Crippen molar-refractivity contribution >= 4 is 49.1 Å². The molecule has 5 rings (SSSR count). The summed E-state index contributed by atoms with van der Waals surface area (Å²) in [4.78, 5) is 3.66. The highest BCUT2D eigenvalue weighted by Gasteiger charge is 2.56. The van der Waals surface area contributed by atoms with Crippen LogP contribution in [-0.4, -0.2) is 38.1 Å². The number of fused-ring (bicyclic) bond motifs is 2. The first-order chi connectivity index (χ1) is 12.9. The summed E-state index contributed by atoms with van der Waals surface area (Å²) < 4.78 is 29.9. The first-order valence-corrected chi connectivity index (χ1v) is 12.6. The number of benzene rings is 2. The lowest BCUT2D eigenvalue weighted by Gasteiger charge is -2.27. The van der Waals surface area contributed by atoms with Gasteiger partial charge >= 0.3 is 0 Å². The lowest BCUT2D eigenvalue weighted by Crippen LogP contribution is -2.38. The molecular formula is C20H21BrN2O2S2.